The van der Waals surface area contributed by atoms with Crippen molar-refractivity contribution < 1.29 is 13.8 Å². The van der Waals surface area contributed by atoms with Gasteiger partial charge in [0.2, 0.25) is 5.91 Å². The van der Waals surface area contributed by atoms with Crippen LogP contribution >= 0.6 is 0 Å². The summed E-state index contributed by atoms with van der Waals surface area (Å²) in [6.45, 7) is 4.47. The van der Waals surface area contributed by atoms with E-state index in [9.17, 15) is 13.8 Å². The van der Waals surface area contributed by atoms with Gasteiger partial charge in [0.1, 0.15) is 0 Å². The Kier molecular flexibility index (Phi) is 20.2. The normalized spacial score (nSPS) is 11.8. The minimum atomic E-state index is -1.02. The van der Waals surface area contributed by atoms with Gasteiger partial charge in [-0.2, -0.15) is 0 Å². The van der Waals surface area contributed by atoms with Gasteiger partial charge in [-0.3, -0.25) is 13.8 Å². The van der Waals surface area contributed by atoms with E-state index in [0.717, 1.165) is 30.6 Å². The molecule has 0 saturated heterocycles. The molecule has 206 valence electrons. The first-order valence-electron chi connectivity index (χ1n) is 14.6. The second kappa shape index (κ2) is 22.5. The Morgan fingerprint density at radius 1 is 0.639 bits per heavy atom. The van der Waals surface area contributed by atoms with Crippen LogP contribution < -0.4 is 10.6 Å². The predicted octanol–water partition coefficient (Wildman–Crippen LogP) is 7.66. The van der Waals surface area contributed by atoms with Crippen molar-refractivity contribution >= 4 is 22.6 Å². The Bertz CT molecular complexity index is 721. The molecule has 0 aliphatic carbocycles. The summed E-state index contributed by atoms with van der Waals surface area (Å²) in [4.78, 5) is 25.0. The highest BCUT2D eigenvalue weighted by Gasteiger charge is 2.08. The molecule has 1 rings (SSSR count). The molecule has 2 amide bonds. The molecule has 0 aromatic heterocycles. The van der Waals surface area contributed by atoms with Gasteiger partial charge in [0.25, 0.3) is 5.91 Å². The quantitative estimate of drug-likeness (QED) is 0.115. The Hall–Kier alpha value is -1.69. The molecule has 0 aliphatic rings. The molecule has 0 aliphatic heterocycles. The fraction of sp³-hybridized carbons (Fsp3) is 0.733. The molecule has 2 N–H and O–H groups in total. The van der Waals surface area contributed by atoms with E-state index in [1.54, 1.807) is 24.3 Å². The van der Waals surface area contributed by atoms with Crippen LogP contribution in [0.2, 0.25) is 0 Å². The summed E-state index contributed by atoms with van der Waals surface area (Å²) in [6, 6.07) is 6.86. The number of nitrogens with one attached hydrogen (secondary N) is 2. The van der Waals surface area contributed by atoms with Gasteiger partial charge in [0, 0.05) is 22.6 Å². The third-order valence-electron chi connectivity index (χ3n) is 6.60. The first-order valence-corrected chi connectivity index (χ1v) is 15.9. The average molecular weight is 521 g/mol. The smallest absolute Gasteiger partial charge is 0.252 e. The highest BCUT2D eigenvalue weighted by atomic mass is 32.2. The van der Waals surface area contributed by atoms with Crippen LogP contribution in [-0.2, 0) is 15.6 Å². The zero-order valence-electron chi connectivity index (χ0n) is 23.1. The van der Waals surface area contributed by atoms with Crippen molar-refractivity contribution in [2.45, 2.75) is 134 Å². The second-order valence-corrected chi connectivity index (χ2v) is 11.5. The van der Waals surface area contributed by atoms with Crippen LogP contribution in [0.4, 0.5) is 0 Å². The second-order valence-electron chi connectivity index (χ2n) is 9.91. The summed E-state index contributed by atoms with van der Waals surface area (Å²) in [6.07, 6.45) is 22.1. The number of hydrogen-bond donors (Lipinski definition) is 2. The van der Waals surface area contributed by atoms with Crippen molar-refractivity contribution in [2.75, 3.05) is 12.4 Å². The summed E-state index contributed by atoms with van der Waals surface area (Å²) in [5.41, 5.74) is 0.503. The number of amides is 2. The van der Waals surface area contributed by atoms with Gasteiger partial charge in [-0.1, -0.05) is 110 Å². The predicted molar refractivity (Wildman–Crippen MR) is 153 cm³/mol. The first-order chi connectivity index (χ1) is 17.6. The average Bonchev–Trinajstić information content (AvgIpc) is 2.89. The van der Waals surface area contributed by atoms with Crippen LogP contribution in [0.5, 0.6) is 0 Å². The minimum Gasteiger partial charge on any atom is -0.339 e. The molecule has 0 fully saturated rings. The highest BCUT2D eigenvalue weighted by Crippen LogP contribution is 2.14. The van der Waals surface area contributed by atoms with E-state index in [4.69, 9.17) is 0 Å². The van der Waals surface area contributed by atoms with Crippen LogP contribution in [0.3, 0.4) is 0 Å². The van der Waals surface area contributed by atoms with Crippen molar-refractivity contribution in [3.05, 3.63) is 29.8 Å². The summed E-state index contributed by atoms with van der Waals surface area (Å²) in [5.74, 6) is 0.382. The number of carbonyl (C=O) groups is 2. The van der Waals surface area contributed by atoms with E-state index in [1.165, 1.54) is 83.5 Å². The SMILES string of the molecule is CCCCCCCCCCCCCCCCCC(=O)NCNC(=O)c1ccc(S(=O)CCCC)cc1. The molecule has 0 heterocycles. The lowest BCUT2D eigenvalue weighted by Gasteiger charge is -2.08. The van der Waals surface area contributed by atoms with Crippen molar-refractivity contribution in [2.24, 2.45) is 0 Å². The van der Waals surface area contributed by atoms with E-state index in [2.05, 4.69) is 24.5 Å². The highest BCUT2D eigenvalue weighted by molar-refractivity contribution is 7.85. The molecule has 6 heteroatoms. The molecule has 1 aromatic carbocycles. The molecule has 36 heavy (non-hydrogen) atoms. The third-order valence-corrected chi connectivity index (χ3v) is 8.06. The van der Waals surface area contributed by atoms with Gasteiger partial charge in [0.05, 0.1) is 17.5 Å². The molecule has 5 nitrogen and oxygen atoms in total. The molecular formula is C30H52N2O3S. The van der Waals surface area contributed by atoms with E-state index < -0.39 is 10.8 Å². The number of benzene rings is 1. The Morgan fingerprint density at radius 2 is 1.11 bits per heavy atom. The van der Waals surface area contributed by atoms with E-state index >= 15 is 0 Å². The van der Waals surface area contributed by atoms with Gasteiger partial charge in [-0.15, -0.1) is 0 Å². The zero-order chi connectivity index (χ0) is 26.3. The lowest BCUT2D eigenvalue weighted by atomic mass is 10.0. The maximum atomic E-state index is 12.2. The lowest BCUT2D eigenvalue weighted by Crippen LogP contribution is -2.37. The standard InChI is InChI=1S/C30H52N2O3S/c1-3-5-7-8-9-10-11-12-13-14-15-16-17-18-19-20-29(33)31-26-32-30(34)27-21-23-28(24-22-27)36(35)25-6-4-2/h21-24H,3-20,25-26H2,1-2H3,(H,31,33)(H,32,34). The lowest BCUT2D eigenvalue weighted by molar-refractivity contribution is -0.121. The molecule has 0 bridgehead atoms. The van der Waals surface area contributed by atoms with E-state index in [-0.39, 0.29) is 18.5 Å². The number of rotatable bonds is 23. The van der Waals surface area contributed by atoms with Gasteiger partial charge in [0.15, 0.2) is 0 Å². The topological polar surface area (TPSA) is 75.3 Å². The Labute approximate surface area is 223 Å². The molecular weight excluding hydrogens is 468 g/mol. The minimum absolute atomic E-state index is 0.0216. The molecule has 1 unspecified atom stereocenters. The van der Waals surface area contributed by atoms with E-state index in [1.807, 2.05) is 0 Å². The van der Waals surface area contributed by atoms with Gasteiger partial charge >= 0.3 is 0 Å². The maximum Gasteiger partial charge on any atom is 0.252 e. The van der Waals surface area contributed by atoms with Crippen molar-refractivity contribution in [1.82, 2.24) is 10.6 Å². The van der Waals surface area contributed by atoms with E-state index in [0.29, 0.717) is 17.7 Å². The van der Waals surface area contributed by atoms with Crippen molar-refractivity contribution in [3.8, 4) is 0 Å². The Morgan fingerprint density at radius 3 is 1.61 bits per heavy atom. The van der Waals surface area contributed by atoms with Crippen LogP contribution in [0.25, 0.3) is 0 Å². The molecule has 0 spiro atoms. The molecule has 0 radical (unpaired) electrons. The monoisotopic (exact) mass is 520 g/mol. The van der Waals surface area contributed by atoms with Crippen LogP contribution in [0.1, 0.15) is 140 Å². The maximum absolute atomic E-state index is 12.2. The number of unbranched alkanes of at least 4 members (excludes halogenated alkanes) is 15. The summed E-state index contributed by atoms with van der Waals surface area (Å²) >= 11 is 0. The van der Waals surface area contributed by atoms with Crippen molar-refractivity contribution in [1.29, 1.82) is 0 Å². The van der Waals surface area contributed by atoms with Crippen molar-refractivity contribution in [3.63, 3.8) is 0 Å². The number of carbonyl (C=O) groups excluding carboxylic acids is 2. The van der Waals surface area contributed by atoms with Gasteiger partial charge in [-0.05, 0) is 37.1 Å². The van der Waals surface area contributed by atoms with Crippen LogP contribution in [-0.4, -0.2) is 28.4 Å². The van der Waals surface area contributed by atoms with Crippen LogP contribution in [0, 0.1) is 0 Å². The molecule has 1 atom stereocenters. The summed E-state index contributed by atoms with van der Waals surface area (Å²) in [5, 5.41) is 5.49. The Balaban J connectivity index is 1.96. The number of hydrogen-bond acceptors (Lipinski definition) is 3. The molecule has 0 saturated carbocycles. The fourth-order valence-electron chi connectivity index (χ4n) is 4.22. The third kappa shape index (κ3) is 16.9. The zero-order valence-corrected chi connectivity index (χ0v) is 23.9. The fourth-order valence-corrected chi connectivity index (χ4v) is 5.45. The van der Waals surface area contributed by atoms with Crippen LogP contribution in [0.15, 0.2) is 29.2 Å². The molecule has 1 aromatic rings. The van der Waals surface area contributed by atoms with Gasteiger partial charge in [-0.25, -0.2) is 0 Å². The van der Waals surface area contributed by atoms with Gasteiger partial charge < -0.3 is 10.6 Å². The largest absolute Gasteiger partial charge is 0.339 e. The first kappa shape index (κ1) is 32.3. The summed E-state index contributed by atoms with van der Waals surface area (Å²) in [7, 11) is -1.02. The summed E-state index contributed by atoms with van der Waals surface area (Å²) < 4.78 is 12.1.